The number of rotatable bonds is 1. The summed E-state index contributed by atoms with van der Waals surface area (Å²) in [5.41, 5.74) is 1.07. The van der Waals surface area contributed by atoms with Crippen LogP contribution in [0, 0.1) is 14.9 Å². The van der Waals surface area contributed by atoms with Crippen molar-refractivity contribution in [1.82, 2.24) is 0 Å². The molecule has 0 aliphatic heterocycles. The van der Waals surface area contributed by atoms with Crippen molar-refractivity contribution in [3.05, 3.63) is 31.3 Å². The van der Waals surface area contributed by atoms with Crippen molar-refractivity contribution in [2.45, 2.75) is 6.92 Å². The fraction of sp³-hybridized carbons (Fsp3) is 0.111. The summed E-state index contributed by atoms with van der Waals surface area (Å²) in [6, 6.07) is 5.47. The van der Waals surface area contributed by atoms with E-state index in [1.54, 1.807) is 12.1 Å². The zero-order chi connectivity index (χ0) is 10.0. The Labute approximate surface area is 98.2 Å². The quantitative estimate of drug-likeness (QED) is 0.577. The molecule has 0 saturated heterocycles. The maximum Gasteiger partial charge on any atom is 0.162 e. The molecular formula is C9H5BrINO. The number of halogens is 2. The first-order valence-corrected chi connectivity index (χ1v) is 5.34. The van der Waals surface area contributed by atoms with Gasteiger partial charge in [0.1, 0.15) is 6.07 Å². The molecule has 66 valence electrons. The molecule has 0 aromatic heterocycles. The van der Waals surface area contributed by atoms with E-state index in [2.05, 4.69) is 38.5 Å². The molecule has 0 heterocycles. The van der Waals surface area contributed by atoms with Gasteiger partial charge in [0.15, 0.2) is 5.78 Å². The maximum atomic E-state index is 11.2. The first kappa shape index (κ1) is 10.7. The van der Waals surface area contributed by atoms with Crippen molar-refractivity contribution in [2.24, 2.45) is 0 Å². The molecule has 1 rings (SSSR count). The first-order chi connectivity index (χ1) is 6.07. The zero-order valence-electron chi connectivity index (χ0n) is 6.77. The highest BCUT2D eigenvalue weighted by Crippen LogP contribution is 2.26. The summed E-state index contributed by atoms with van der Waals surface area (Å²) in [6.45, 7) is 1.49. The van der Waals surface area contributed by atoms with Gasteiger partial charge in [0.2, 0.25) is 0 Å². The summed E-state index contributed by atoms with van der Waals surface area (Å²) in [6.07, 6.45) is 0. The summed E-state index contributed by atoms with van der Waals surface area (Å²) in [5, 5.41) is 8.72. The number of nitriles is 1. The van der Waals surface area contributed by atoms with Gasteiger partial charge >= 0.3 is 0 Å². The van der Waals surface area contributed by atoms with E-state index in [4.69, 9.17) is 5.26 Å². The molecule has 0 saturated carbocycles. The molecule has 1 aromatic carbocycles. The van der Waals surface area contributed by atoms with Crippen LogP contribution in [0.2, 0.25) is 0 Å². The Bertz CT molecular complexity index is 409. The van der Waals surface area contributed by atoms with Crippen LogP contribution >= 0.6 is 38.5 Å². The summed E-state index contributed by atoms with van der Waals surface area (Å²) >= 11 is 5.32. The average Bonchev–Trinajstić information content (AvgIpc) is 2.04. The molecule has 0 spiro atoms. The highest BCUT2D eigenvalue weighted by Gasteiger charge is 2.12. The third-order valence-corrected chi connectivity index (χ3v) is 3.29. The van der Waals surface area contributed by atoms with Gasteiger partial charge in [-0.1, -0.05) is 0 Å². The fourth-order valence-electron chi connectivity index (χ4n) is 0.962. The number of carbonyl (C=O) groups is 1. The molecule has 0 bridgehead atoms. The molecule has 0 unspecified atom stereocenters. The molecule has 0 aliphatic rings. The van der Waals surface area contributed by atoms with Gasteiger partial charge in [0.25, 0.3) is 0 Å². The van der Waals surface area contributed by atoms with E-state index in [1.807, 2.05) is 6.07 Å². The van der Waals surface area contributed by atoms with Crippen molar-refractivity contribution >= 4 is 44.3 Å². The molecule has 0 fully saturated rings. The molecule has 2 nitrogen and oxygen atoms in total. The van der Waals surface area contributed by atoms with Gasteiger partial charge in [-0.25, -0.2) is 0 Å². The second-order valence-corrected chi connectivity index (χ2v) is 4.41. The minimum Gasteiger partial charge on any atom is -0.294 e. The van der Waals surface area contributed by atoms with E-state index >= 15 is 0 Å². The Hall–Kier alpha value is -0.410. The summed E-state index contributed by atoms with van der Waals surface area (Å²) in [5.74, 6) is -0.0339. The predicted octanol–water partition coefficient (Wildman–Crippen LogP) is 3.13. The topological polar surface area (TPSA) is 40.9 Å². The molecule has 13 heavy (non-hydrogen) atoms. The number of Topliss-reactive ketones (excluding diaryl/α,β-unsaturated/α-hetero) is 1. The molecule has 1 aromatic rings. The van der Waals surface area contributed by atoms with Gasteiger partial charge in [-0.2, -0.15) is 5.26 Å². The van der Waals surface area contributed by atoms with Crippen LogP contribution in [0.3, 0.4) is 0 Å². The lowest BCUT2D eigenvalue weighted by molar-refractivity contribution is 0.101. The van der Waals surface area contributed by atoms with Crippen LogP contribution < -0.4 is 0 Å². The van der Waals surface area contributed by atoms with Crippen molar-refractivity contribution in [3.8, 4) is 6.07 Å². The lowest BCUT2D eigenvalue weighted by atomic mass is 10.1. The van der Waals surface area contributed by atoms with Gasteiger partial charge < -0.3 is 0 Å². The monoisotopic (exact) mass is 349 g/mol. The number of ketones is 1. The standard InChI is InChI=1S/C9H5BrINO/c1-5(13)8-7(11)3-2-6(4-12)9(8)10/h2-3H,1H3. The Morgan fingerprint density at radius 2 is 2.23 bits per heavy atom. The Balaban J connectivity index is 3.50. The van der Waals surface area contributed by atoms with Crippen LogP contribution in [0.1, 0.15) is 22.8 Å². The smallest absolute Gasteiger partial charge is 0.162 e. The molecule has 0 aliphatic carbocycles. The van der Waals surface area contributed by atoms with Gasteiger partial charge in [-0.05, 0) is 57.6 Å². The average molecular weight is 350 g/mol. The minimum absolute atomic E-state index is 0.0339. The van der Waals surface area contributed by atoms with Crippen LogP contribution in [-0.2, 0) is 0 Å². The fourth-order valence-corrected chi connectivity index (χ4v) is 2.88. The van der Waals surface area contributed by atoms with Crippen molar-refractivity contribution in [2.75, 3.05) is 0 Å². The van der Waals surface area contributed by atoms with E-state index in [0.717, 1.165) is 3.57 Å². The summed E-state index contributed by atoms with van der Waals surface area (Å²) < 4.78 is 1.45. The number of carbonyl (C=O) groups excluding carboxylic acids is 1. The van der Waals surface area contributed by atoms with Crippen molar-refractivity contribution in [3.63, 3.8) is 0 Å². The van der Waals surface area contributed by atoms with Gasteiger partial charge in [-0.15, -0.1) is 0 Å². The zero-order valence-corrected chi connectivity index (χ0v) is 10.5. The Morgan fingerprint density at radius 1 is 1.62 bits per heavy atom. The Morgan fingerprint density at radius 3 is 2.69 bits per heavy atom. The normalized spacial score (nSPS) is 9.38. The summed E-state index contributed by atoms with van der Waals surface area (Å²) in [7, 11) is 0. The number of nitrogens with zero attached hydrogens (tertiary/aromatic N) is 1. The molecule has 0 amide bonds. The lowest BCUT2D eigenvalue weighted by Gasteiger charge is -2.04. The van der Waals surface area contributed by atoms with Crippen LogP contribution in [0.4, 0.5) is 0 Å². The van der Waals surface area contributed by atoms with E-state index in [1.165, 1.54) is 6.92 Å². The van der Waals surface area contributed by atoms with E-state index < -0.39 is 0 Å². The van der Waals surface area contributed by atoms with Crippen LogP contribution in [0.5, 0.6) is 0 Å². The van der Waals surface area contributed by atoms with Gasteiger partial charge in [0.05, 0.1) is 5.56 Å². The van der Waals surface area contributed by atoms with E-state index in [9.17, 15) is 4.79 Å². The SMILES string of the molecule is CC(=O)c1c(I)ccc(C#N)c1Br. The van der Waals surface area contributed by atoms with E-state index in [-0.39, 0.29) is 5.78 Å². The largest absolute Gasteiger partial charge is 0.294 e. The highest BCUT2D eigenvalue weighted by molar-refractivity contribution is 14.1. The number of hydrogen-bond donors (Lipinski definition) is 0. The van der Waals surface area contributed by atoms with Crippen LogP contribution in [0.15, 0.2) is 16.6 Å². The van der Waals surface area contributed by atoms with Crippen LogP contribution in [0.25, 0.3) is 0 Å². The number of hydrogen-bond acceptors (Lipinski definition) is 2. The highest BCUT2D eigenvalue weighted by atomic mass is 127. The van der Waals surface area contributed by atoms with E-state index in [0.29, 0.717) is 15.6 Å². The molecule has 0 N–H and O–H groups in total. The van der Waals surface area contributed by atoms with Gasteiger partial charge in [0, 0.05) is 13.6 Å². The van der Waals surface area contributed by atoms with Crippen LogP contribution in [-0.4, -0.2) is 5.78 Å². The molecule has 0 radical (unpaired) electrons. The molecule has 4 heteroatoms. The lowest BCUT2D eigenvalue weighted by Crippen LogP contribution is -1.99. The summed E-state index contributed by atoms with van der Waals surface area (Å²) in [4.78, 5) is 11.2. The molecule has 0 atom stereocenters. The predicted molar refractivity (Wildman–Crippen MR) is 61.6 cm³/mol. The van der Waals surface area contributed by atoms with Crippen molar-refractivity contribution in [1.29, 1.82) is 5.26 Å². The Kier molecular flexibility index (Phi) is 3.45. The third-order valence-electron chi connectivity index (χ3n) is 1.56. The second-order valence-electron chi connectivity index (χ2n) is 2.45. The minimum atomic E-state index is -0.0339. The first-order valence-electron chi connectivity index (χ1n) is 3.47. The van der Waals surface area contributed by atoms with Crippen molar-refractivity contribution < 1.29 is 4.79 Å². The number of benzene rings is 1. The maximum absolute atomic E-state index is 11.2. The van der Waals surface area contributed by atoms with Gasteiger partial charge in [-0.3, -0.25) is 4.79 Å². The molecular weight excluding hydrogens is 345 g/mol. The third kappa shape index (κ3) is 2.09. The second kappa shape index (κ2) is 4.20.